The molecule has 2 N–H and O–H groups in total. The molecular weight excluding hydrogens is 442 g/mol. The molecule has 3 aromatic carbocycles. The summed E-state index contributed by atoms with van der Waals surface area (Å²) in [4.78, 5) is 52.5. The minimum Gasteiger partial charge on any atom is -0.326 e. The zero-order valence-electron chi connectivity index (χ0n) is 19.9. The molecule has 1 aliphatic heterocycles. The summed E-state index contributed by atoms with van der Waals surface area (Å²) in [6.45, 7) is 5.28. The normalized spacial score (nSPS) is 17.3. The van der Waals surface area contributed by atoms with Gasteiger partial charge in [-0.1, -0.05) is 55.5 Å². The number of hydrogen-bond acceptors (Lipinski definition) is 4. The summed E-state index contributed by atoms with van der Waals surface area (Å²) in [5, 5.41) is 5.60. The second-order valence-electron chi connectivity index (χ2n) is 8.64. The lowest BCUT2D eigenvalue weighted by Crippen LogP contribution is -2.45. The van der Waals surface area contributed by atoms with Crippen LogP contribution in [0, 0.1) is 13.8 Å². The van der Waals surface area contributed by atoms with Gasteiger partial charge in [0.2, 0.25) is 5.91 Å². The van der Waals surface area contributed by atoms with Crippen LogP contribution in [0.25, 0.3) is 0 Å². The zero-order chi connectivity index (χ0) is 25.2. The number of carbonyl (C=O) groups excluding carboxylic acids is 4. The molecule has 1 atom stereocenters. The Morgan fingerprint density at radius 1 is 0.886 bits per heavy atom. The number of anilines is 1. The van der Waals surface area contributed by atoms with E-state index in [9.17, 15) is 19.2 Å². The maximum absolute atomic E-state index is 13.9. The number of Topliss-reactive ketones (excluding diaryl/α,β-unsaturated/α-hetero) is 1. The summed E-state index contributed by atoms with van der Waals surface area (Å²) in [5.74, 6) is -1.02. The Morgan fingerprint density at radius 3 is 2.20 bits per heavy atom. The maximum atomic E-state index is 13.9. The van der Waals surface area contributed by atoms with Gasteiger partial charge in [-0.3, -0.25) is 19.3 Å². The molecular formula is C28H27N3O4. The van der Waals surface area contributed by atoms with Crippen molar-refractivity contribution in [2.45, 2.75) is 32.7 Å². The molecule has 0 aromatic heterocycles. The summed E-state index contributed by atoms with van der Waals surface area (Å²) in [6, 6.07) is 20.5. The smallest absolute Gasteiger partial charge is 0.325 e. The fraction of sp³-hybridized carbons (Fsp3) is 0.214. The molecule has 35 heavy (non-hydrogen) atoms. The summed E-state index contributed by atoms with van der Waals surface area (Å²) in [7, 11) is 0. The zero-order valence-corrected chi connectivity index (χ0v) is 19.9. The number of hydrogen-bond donors (Lipinski definition) is 2. The molecule has 0 spiro atoms. The number of carbonyl (C=O) groups is 4. The molecule has 3 aromatic rings. The lowest BCUT2D eigenvalue weighted by Gasteiger charge is -2.28. The Balaban J connectivity index is 1.65. The summed E-state index contributed by atoms with van der Waals surface area (Å²) in [5.41, 5.74) is 2.79. The molecule has 1 heterocycles. The predicted molar refractivity (Wildman–Crippen MR) is 133 cm³/mol. The van der Waals surface area contributed by atoms with E-state index in [1.807, 2.05) is 50.2 Å². The number of imide groups is 1. The van der Waals surface area contributed by atoms with Crippen LogP contribution in [0.2, 0.25) is 0 Å². The van der Waals surface area contributed by atoms with Crippen molar-refractivity contribution in [1.82, 2.24) is 10.2 Å². The van der Waals surface area contributed by atoms with Gasteiger partial charge >= 0.3 is 6.03 Å². The van der Waals surface area contributed by atoms with Gasteiger partial charge in [-0.05, 0) is 60.4 Å². The van der Waals surface area contributed by atoms with Gasteiger partial charge in [-0.25, -0.2) is 4.79 Å². The minimum absolute atomic E-state index is 0.132. The lowest BCUT2D eigenvalue weighted by atomic mass is 9.81. The Kier molecular flexibility index (Phi) is 6.51. The van der Waals surface area contributed by atoms with Gasteiger partial charge in [0, 0.05) is 17.7 Å². The van der Waals surface area contributed by atoms with E-state index < -0.39 is 24.0 Å². The Hall–Kier alpha value is -4.26. The second kappa shape index (κ2) is 9.54. The molecule has 4 amide bonds. The second-order valence-corrected chi connectivity index (χ2v) is 8.64. The van der Waals surface area contributed by atoms with Crippen molar-refractivity contribution in [3.8, 4) is 0 Å². The van der Waals surface area contributed by atoms with E-state index in [4.69, 9.17) is 0 Å². The fourth-order valence-electron chi connectivity index (χ4n) is 4.16. The van der Waals surface area contributed by atoms with Crippen LogP contribution in [-0.2, 0) is 15.1 Å². The van der Waals surface area contributed by atoms with E-state index in [-0.39, 0.29) is 11.7 Å². The van der Waals surface area contributed by atoms with Crippen molar-refractivity contribution in [1.29, 1.82) is 0 Å². The van der Waals surface area contributed by atoms with Gasteiger partial charge in [0.15, 0.2) is 11.3 Å². The molecule has 0 bridgehead atoms. The first kappa shape index (κ1) is 23.9. The first-order chi connectivity index (χ1) is 16.8. The van der Waals surface area contributed by atoms with Crippen LogP contribution in [0.15, 0.2) is 72.8 Å². The number of ketones is 1. The molecule has 0 aliphatic carbocycles. The third kappa shape index (κ3) is 4.45. The van der Waals surface area contributed by atoms with E-state index in [1.54, 1.807) is 43.3 Å². The van der Waals surface area contributed by atoms with Gasteiger partial charge in [0.25, 0.3) is 5.91 Å². The first-order valence-electron chi connectivity index (χ1n) is 11.5. The molecule has 4 rings (SSSR count). The number of benzene rings is 3. The Morgan fingerprint density at radius 2 is 1.57 bits per heavy atom. The average molecular weight is 470 g/mol. The monoisotopic (exact) mass is 469 g/mol. The summed E-state index contributed by atoms with van der Waals surface area (Å²) >= 11 is 0. The van der Waals surface area contributed by atoms with Crippen molar-refractivity contribution in [3.05, 3.63) is 101 Å². The van der Waals surface area contributed by atoms with Gasteiger partial charge in [-0.15, -0.1) is 0 Å². The number of urea groups is 1. The number of nitrogens with one attached hydrogen (secondary N) is 2. The van der Waals surface area contributed by atoms with Crippen LogP contribution in [0.4, 0.5) is 10.5 Å². The highest BCUT2D eigenvalue weighted by Crippen LogP contribution is 2.37. The van der Waals surface area contributed by atoms with Crippen LogP contribution in [0.3, 0.4) is 0 Å². The quantitative estimate of drug-likeness (QED) is 0.398. The predicted octanol–water partition coefficient (Wildman–Crippen LogP) is 4.33. The summed E-state index contributed by atoms with van der Waals surface area (Å²) < 4.78 is 0. The fourth-order valence-corrected chi connectivity index (χ4v) is 4.16. The molecule has 0 radical (unpaired) electrons. The van der Waals surface area contributed by atoms with E-state index in [0.717, 1.165) is 16.0 Å². The van der Waals surface area contributed by atoms with Crippen LogP contribution >= 0.6 is 0 Å². The van der Waals surface area contributed by atoms with Gasteiger partial charge in [0.05, 0.1) is 6.54 Å². The van der Waals surface area contributed by atoms with E-state index >= 15 is 0 Å². The molecule has 178 valence electrons. The molecule has 1 saturated heterocycles. The van der Waals surface area contributed by atoms with Crippen LogP contribution in [0.5, 0.6) is 0 Å². The van der Waals surface area contributed by atoms with E-state index in [0.29, 0.717) is 28.8 Å². The van der Waals surface area contributed by atoms with E-state index in [2.05, 4.69) is 10.6 Å². The van der Waals surface area contributed by atoms with Crippen LogP contribution < -0.4 is 10.6 Å². The molecule has 0 unspecified atom stereocenters. The first-order valence-corrected chi connectivity index (χ1v) is 11.5. The molecule has 0 saturated carbocycles. The largest absolute Gasteiger partial charge is 0.326 e. The van der Waals surface area contributed by atoms with Crippen molar-refractivity contribution in [3.63, 3.8) is 0 Å². The van der Waals surface area contributed by atoms with Crippen molar-refractivity contribution in [2.75, 3.05) is 11.9 Å². The van der Waals surface area contributed by atoms with Crippen LogP contribution in [0.1, 0.15) is 46.0 Å². The third-order valence-electron chi connectivity index (χ3n) is 6.37. The Bertz CT molecular complexity index is 1300. The topological polar surface area (TPSA) is 95.6 Å². The maximum Gasteiger partial charge on any atom is 0.325 e. The standard InChI is InChI=1S/C28H27N3O4/c1-4-25(33)29-23-14-11-20(12-15-23)24(32)17-31-26(34)28(30-27(31)35,21-8-6-5-7-9-21)22-13-10-18(2)19(3)16-22/h5-16H,4,17H2,1-3H3,(H,29,33)(H,30,35)/t28-/m1/s1. The molecule has 7 nitrogen and oxygen atoms in total. The highest BCUT2D eigenvalue weighted by atomic mass is 16.2. The van der Waals surface area contributed by atoms with Gasteiger partial charge < -0.3 is 10.6 Å². The number of aryl methyl sites for hydroxylation is 2. The van der Waals surface area contributed by atoms with Crippen LogP contribution in [-0.4, -0.2) is 35.1 Å². The van der Waals surface area contributed by atoms with Crippen molar-refractivity contribution < 1.29 is 19.2 Å². The van der Waals surface area contributed by atoms with Gasteiger partial charge in [0.1, 0.15) is 0 Å². The highest BCUT2D eigenvalue weighted by Gasteiger charge is 2.54. The third-order valence-corrected chi connectivity index (χ3v) is 6.37. The highest BCUT2D eigenvalue weighted by molar-refractivity contribution is 6.13. The Labute approximate surface area is 204 Å². The molecule has 1 aliphatic rings. The SMILES string of the molecule is CCC(=O)Nc1ccc(C(=O)CN2C(=O)N[C@](c3ccccc3)(c3ccc(C)c(C)c3)C2=O)cc1. The lowest BCUT2D eigenvalue weighted by molar-refractivity contribution is -0.130. The number of amides is 4. The number of rotatable bonds is 7. The summed E-state index contributed by atoms with van der Waals surface area (Å²) in [6.07, 6.45) is 0.344. The van der Waals surface area contributed by atoms with Gasteiger partial charge in [-0.2, -0.15) is 0 Å². The molecule has 1 fully saturated rings. The van der Waals surface area contributed by atoms with Crippen molar-refractivity contribution >= 4 is 29.3 Å². The van der Waals surface area contributed by atoms with E-state index in [1.165, 1.54) is 0 Å². The average Bonchev–Trinajstić information content (AvgIpc) is 3.12. The van der Waals surface area contributed by atoms with Crippen molar-refractivity contribution in [2.24, 2.45) is 0 Å². The minimum atomic E-state index is -1.43. The molecule has 7 heteroatoms. The number of nitrogens with zero attached hydrogens (tertiary/aromatic N) is 1.